The van der Waals surface area contributed by atoms with Crippen LogP contribution < -0.4 is 5.32 Å². The average Bonchev–Trinajstić information content (AvgIpc) is 2.77. The minimum absolute atomic E-state index is 0.264. The zero-order valence-electron chi connectivity index (χ0n) is 9.99. The van der Waals surface area contributed by atoms with Crippen molar-refractivity contribution in [2.24, 2.45) is 0 Å². The molecule has 1 heterocycles. The Hall–Kier alpha value is -0.380. The molecule has 3 atom stereocenters. The number of rotatable bonds is 6. The van der Waals surface area contributed by atoms with Gasteiger partial charge < -0.3 is 10.1 Å². The Balaban J connectivity index is 2.31. The second-order valence-corrected chi connectivity index (χ2v) is 5.03. The van der Waals surface area contributed by atoms with Gasteiger partial charge >= 0.3 is 0 Å². The summed E-state index contributed by atoms with van der Waals surface area (Å²) >= 11 is 1.83. The van der Waals surface area contributed by atoms with Crippen molar-refractivity contribution < 1.29 is 4.74 Å². The van der Waals surface area contributed by atoms with E-state index in [1.165, 1.54) is 4.88 Å². The maximum Gasteiger partial charge on any atom is 0.0693 e. The van der Waals surface area contributed by atoms with Crippen molar-refractivity contribution in [3.8, 4) is 0 Å². The minimum Gasteiger partial charge on any atom is -0.380 e. The summed E-state index contributed by atoms with van der Waals surface area (Å²) in [5, 5.41) is 5.63. The Morgan fingerprint density at radius 2 is 2.13 bits per heavy atom. The van der Waals surface area contributed by atoms with Crippen LogP contribution in [0.5, 0.6) is 0 Å². The van der Waals surface area contributed by atoms with Crippen LogP contribution in [0, 0.1) is 0 Å². The average molecular weight is 227 g/mol. The van der Waals surface area contributed by atoms with Gasteiger partial charge in [-0.3, -0.25) is 0 Å². The quantitative estimate of drug-likeness (QED) is 0.807. The number of hydrogen-bond acceptors (Lipinski definition) is 3. The molecule has 0 radical (unpaired) electrons. The molecule has 0 bridgehead atoms. The number of ether oxygens (including phenoxy) is 1. The summed E-state index contributed by atoms with van der Waals surface area (Å²) < 4.78 is 5.28. The predicted molar refractivity (Wildman–Crippen MR) is 66.7 cm³/mol. The molecule has 3 unspecified atom stereocenters. The zero-order chi connectivity index (χ0) is 11.3. The highest BCUT2D eigenvalue weighted by atomic mass is 32.1. The van der Waals surface area contributed by atoms with Gasteiger partial charge in [-0.2, -0.15) is 0 Å². The third-order valence-corrected chi connectivity index (χ3v) is 3.95. The maximum atomic E-state index is 5.28. The van der Waals surface area contributed by atoms with Crippen LogP contribution >= 0.6 is 11.3 Å². The fourth-order valence-corrected chi connectivity index (χ4v) is 2.19. The van der Waals surface area contributed by atoms with Crippen LogP contribution in [0.15, 0.2) is 17.5 Å². The van der Waals surface area contributed by atoms with E-state index in [0.717, 1.165) is 6.54 Å². The van der Waals surface area contributed by atoms with Gasteiger partial charge in [0.1, 0.15) is 0 Å². The van der Waals surface area contributed by atoms with E-state index in [9.17, 15) is 0 Å². The van der Waals surface area contributed by atoms with Crippen LogP contribution in [0.1, 0.15) is 31.6 Å². The van der Waals surface area contributed by atoms with Crippen molar-refractivity contribution >= 4 is 11.3 Å². The van der Waals surface area contributed by atoms with Crippen LogP contribution in [0.4, 0.5) is 0 Å². The summed E-state index contributed by atoms with van der Waals surface area (Å²) in [4.78, 5) is 1.44. The molecular formula is C12H21NOS. The highest BCUT2D eigenvalue weighted by Crippen LogP contribution is 2.19. The van der Waals surface area contributed by atoms with Gasteiger partial charge in [0, 0.05) is 30.5 Å². The van der Waals surface area contributed by atoms with Gasteiger partial charge in [0.15, 0.2) is 0 Å². The minimum atomic E-state index is 0.264. The number of thiophene rings is 1. The monoisotopic (exact) mass is 227 g/mol. The molecule has 15 heavy (non-hydrogen) atoms. The molecule has 0 amide bonds. The topological polar surface area (TPSA) is 21.3 Å². The summed E-state index contributed by atoms with van der Waals surface area (Å²) in [6.45, 7) is 7.52. The van der Waals surface area contributed by atoms with E-state index >= 15 is 0 Å². The first-order valence-corrected chi connectivity index (χ1v) is 6.32. The molecule has 0 saturated heterocycles. The van der Waals surface area contributed by atoms with E-state index in [1.807, 2.05) is 11.3 Å². The van der Waals surface area contributed by atoms with Crippen molar-refractivity contribution in [1.29, 1.82) is 0 Å². The van der Waals surface area contributed by atoms with Crippen molar-refractivity contribution in [2.45, 2.75) is 38.8 Å². The lowest BCUT2D eigenvalue weighted by atomic mass is 10.1. The van der Waals surface area contributed by atoms with E-state index in [1.54, 1.807) is 7.11 Å². The van der Waals surface area contributed by atoms with Crippen LogP contribution in [-0.4, -0.2) is 25.8 Å². The Bertz CT molecular complexity index is 261. The van der Waals surface area contributed by atoms with Gasteiger partial charge in [-0.1, -0.05) is 13.0 Å². The van der Waals surface area contributed by atoms with Gasteiger partial charge in [-0.15, -0.1) is 11.3 Å². The van der Waals surface area contributed by atoms with Crippen LogP contribution in [0.2, 0.25) is 0 Å². The smallest absolute Gasteiger partial charge is 0.0693 e. The van der Waals surface area contributed by atoms with Crippen LogP contribution in [0.25, 0.3) is 0 Å². The second kappa shape index (κ2) is 6.26. The summed E-state index contributed by atoms with van der Waals surface area (Å²) in [7, 11) is 1.76. The molecule has 0 saturated carbocycles. The molecule has 0 aliphatic carbocycles. The zero-order valence-corrected chi connectivity index (χ0v) is 10.8. The first kappa shape index (κ1) is 12.7. The standard InChI is InChI=1S/C12H21NOS/c1-9(12-6-5-7-15-12)8-13-10(2)11(3)14-4/h5-7,9-11,13H,8H2,1-4H3. The molecule has 2 nitrogen and oxygen atoms in total. The predicted octanol–water partition coefficient (Wildman–Crippen LogP) is 2.86. The van der Waals surface area contributed by atoms with Crippen molar-refractivity contribution in [3.05, 3.63) is 22.4 Å². The van der Waals surface area contributed by atoms with E-state index in [-0.39, 0.29) is 6.10 Å². The summed E-state index contributed by atoms with van der Waals surface area (Å²) in [6.07, 6.45) is 0.264. The molecule has 0 fully saturated rings. The van der Waals surface area contributed by atoms with Crippen molar-refractivity contribution in [2.75, 3.05) is 13.7 Å². The SMILES string of the molecule is COC(C)C(C)NCC(C)c1cccs1. The molecule has 1 N–H and O–H groups in total. The molecule has 0 spiro atoms. The Morgan fingerprint density at radius 1 is 1.40 bits per heavy atom. The van der Waals surface area contributed by atoms with Gasteiger partial charge in [0.05, 0.1) is 6.10 Å². The fraction of sp³-hybridized carbons (Fsp3) is 0.667. The van der Waals surface area contributed by atoms with Crippen molar-refractivity contribution in [3.63, 3.8) is 0 Å². The molecule has 0 aliphatic rings. The lowest BCUT2D eigenvalue weighted by molar-refractivity contribution is 0.0884. The Labute approximate surface area is 96.7 Å². The van der Waals surface area contributed by atoms with E-state index in [4.69, 9.17) is 4.74 Å². The van der Waals surface area contributed by atoms with E-state index < -0.39 is 0 Å². The highest BCUT2D eigenvalue weighted by molar-refractivity contribution is 7.10. The normalized spacial score (nSPS) is 17.3. The molecule has 3 heteroatoms. The maximum absolute atomic E-state index is 5.28. The first-order valence-electron chi connectivity index (χ1n) is 5.44. The Kier molecular flexibility index (Phi) is 5.29. The lowest BCUT2D eigenvalue weighted by Gasteiger charge is -2.21. The highest BCUT2D eigenvalue weighted by Gasteiger charge is 2.12. The summed E-state index contributed by atoms with van der Waals surface area (Å²) in [5.41, 5.74) is 0. The fourth-order valence-electron chi connectivity index (χ4n) is 1.41. The molecule has 86 valence electrons. The first-order chi connectivity index (χ1) is 7.15. The molecule has 1 aromatic rings. The molecule has 0 aliphatic heterocycles. The molecule has 0 aromatic carbocycles. The molecular weight excluding hydrogens is 206 g/mol. The summed E-state index contributed by atoms with van der Waals surface area (Å²) in [6, 6.07) is 4.71. The number of nitrogens with one attached hydrogen (secondary N) is 1. The number of hydrogen-bond donors (Lipinski definition) is 1. The second-order valence-electron chi connectivity index (χ2n) is 4.05. The Morgan fingerprint density at radius 3 is 2.67 bits per heavy atom. The van der Waals surface area contributed by atoms with Gasteiger partial charge in [-0.25, -0.2) is 0 Å². The molecule has 1 rings (SSSR count). The van der Waals surface area contributed by atoms with Gasteiger partial charge in [-0.05, 0) is 25.3 Å². The van der Waals surface area contributed by atoms with E-state index in [2.05, 4.69) is 43.6 Å². The summed E-state index contributed by atoms with van der Waals surface area (Å²) in [5.74, 6) is 0.580. The van der Waals surface area contributed by atoms with E-state index in [0.29, 0.717) is 12.0 Å². The number of methoxy groups -OCH3 is 1. The van der Waals surface area contributed by atoms with Gasteiger partial charge in [0.25, 0.3) is 0 Å². The largest absolute Gasteiger partial charge is 0.380 e. The van der Waals surface area contributed by atoms with Gasteiger partial charge in [0.2, 0.25) is 0 Å². The van der Waals surface area contributed by atoms with Crippen LogP contribution in [0.3, 0.4) is 0 Å². The lowest BCUT2D eigenvalue weighted by Crippen LogP contribution is -2.38. The van der Waals surface area contributed by atoms with Crippen LogP contribution in [-0.2, 0) is 4.74 Å². The van der Waals surface area contributed by atoms with Crippen molar-refractivity contribution in [1.82, 2.24) is 5.32 Å². The third kappa shape index (κ3) is 3.93. The third-order valence-electron chi connectivity index (χ3n) is 2.85. The molecule has 1 aromatic heterocycles.